The topological polar surface area (TPSA) is 93.7 Å². The Bertz CT molecular complexity index is 684. The lowest BCUT2D eigenvalue weighted by atomic mass is 10.0. The SMILES string of the molecule is CCOC(=O)C1=C(COC(=O)CCc2ccccc2)NC(=O)N[C@@H]1CC. The number of aryl methyl sites for hydroxylation is 1. The number of hydrogen-bond acceptors (Lipinski definition) is 5. The number of amides is 2. The first-order valence-electron chi connectivity index (χ1n) is 8.72. The first-order chi connectivity index (χ1) is 12.5. The number of carbonyl (C=O) groups excluding carboxylic acids is 3. The van der Waals surface area contributed by atoms with Crippen molar-refractivity contribution in [1.82, 2.24) is 10.6 Å². The zero-order chi connectivity index (χ0) is 18.9. The largest absolute Gasteiger partial charge is 0.463 e. The lowest BCUT2D eigenvalue weighted by Gasteiger charge is -2.28. The third-order valence-corrected chi connectivity index (χ3v) is 3.99. The van der Waals surface area contributed by atoms with E-state index in [0.29, 0.717) is 18.4 Å². The van der Waals surface area contributed by atoms with Crippen LogP contribution >= 0.6 is 0 Å². The summed E-state index contributed by atoms with van der Waals surface area (Å²) in [4.78, 5) is 36.0. The maximum Gasteiger partial charge on any atom is 0.338 e. The molecular formula is C19H24N2O5. The minimum atomic E-state index is -0.526. The van der Waals surface area contributed by atoms with Crippen LogP contribution in [-0.4, -0.2) is 37.2 Å². The molecule has 1 aromatic rings. The van der Waals surface area contributed by atoms with Crippen LogP contribution in [0.3, 0.4) is 0 Å². The number of urea groups is 1. The Kier molecular flexibility index (Phi) is 7.20. The molecule has 0 unspecified atom stereocenters. The second kappa shape index (κ2) is 9.60. The highest BCUT2D eigenvalue weighted by molar-refractivity contribution is 5.94. The number of carbonyl (C=O) groups is 3. The summed E-state index contributed by atoms with van der Waals surface area (Å²) in [6.45, 7) is 3.60. The van der Waals surface area contributed by atoms with E-state index < -0.39 is 24.0 Å². The van der Waals surface area contributed by atoms with Crippen molar-refractivity contribution < 1.29 is 23.9 Å². The molecule has 0 radical (unpaired) electrons. The number of rotatable bonds is 8. The average molecular weight is 360 g/mol. The van der Waals surface area contributed by atoms with Gasteiger partial charge in [-0.3, -0.25) is 4.79 Å². The molecule has 140 valence electrons. The Labute approximate surface area is 152 Å². The molecule has 0 saturated carbocycles. The van der Waals surface area contributed by atoms with Gasteiger partial charge in [0.2, 0.25) is 0 Å². The van der Waals surface area contributed by atoms with Crippen LogP contribution in [0, 0.1) is 0 Å². The van der Waals surface area contributed by atoms with Crippen LogP contribution in [0.25, 0.3) is 0 Å². The summed E-state index contributed by atoms with van der Waals surface area (Å²) in [7, 11) is 0. The van der Waals surface area contributed by atoms with Gasteiger partial charge in [-0.2, -0.15) is 0 Å². The molecule has 2 rings (SSSR count). The summed E-state index contributed by atoms with van der Waals surface area (Å²) < 4.78 is 10.3. The number of esters is 2. The summed E-state index contributed by atoms with van der Waals surface area (Å²) in [5.74, 6) is -0.924. The fourth-order valence-electron chi connectivity index (χ4n) is 2.69. The lowest BCUT2D eigenvalue weighted by Crippen LogP contribution is -2.51. The summed E-state index contributed by atoms with van der Waals surface area (Å²) in [6, 6.07) is 8.70. The quantitative estimate of drug-likeness (QED) is 0.692. The molecule has 7 nitrogen and oxygen atoms in total. The van der Waals surface area contributed by atoms with Crippen molar-refractivity contribution in [2.45, 2.75) is 39.2 Å². The van der Waals surface area contributed by atoms with Crippen molar-refractivity contribution in [3.63, 3.8) is 0 Å². The minimum absolute atomic E-state index is 0.175. The fraction of sp³-hybridized carbons (Fsp3) is 0.421. The average Bonchev–Trinajstić information content (AvgIpc) is 2.65. The molecule has 1 aromatic carbocycles. The zero-order valence-electron chi connectivity index (χ0n) is 15.0. The van der Waals surface area contributed by atoms with Gasteiger partial charge in [-0.25, -0.2) is 9.59 Å². The zero-order valence-corrected chi connectivity index (χ0v) is 15.0. The molecule has 1 aliphatic heterocycles. The molecule has 1 atom stereocenters. The molecule has 0 aliphatic carbocycles. The number of nitrogens with one attached hydrogen (secondary N) is 2. The predicted octanol–water partition coefficient (Wildman–Crippen LogP) is 2.07. The van der Waals surface area contributed by atoms with Crippen molar-refractivity contribution in [2.24, 2.45) is 0 Å². The van der Waals surface area contributed by atoms with Gasteiger partial charge >= 0.3 is 18.0 Å². The molecule has 1 aliphatic rings. The summed E-state index contributed by atoms with van der Waals surface area (Å²) in [5.41, 5.74) is 1.61. The van der Waals surface area contributed by atoms with Gasteiger partial charge in [-0.05, 0) is 25.3 Å². The van der Waals surface area contributed by atoms with E-state index in [0.717, 1.165) is 5.56 Å². The van der Waals surface area contributed by atoms with Crippen LogP contribution in [0.2, 0.25) is 0 Å². The third-order valence-electron chi connectivity index (χ3n) is 3.99. The van der Waals surface area contributed by atoms with Crippen LogP contribution in [0.5, 0.6) is 0 Å². The van der Waals surface area contributed by atoms with E-state index in [-0.39, 0.29) is 25.3 Å². The van der Waals surface area contributed by atoms with Gasteiger partial charge in [0.05, 0.1) is 23.9 Å². The molecule has 7 heteroatoms. The summed E-state index contributed by atoms with van der Waals surface area (Å²) in [5, 5.41) is 5.22. The van der Waals surface area contributed by atoms with Crippen LogP contribution in [-0.2, 0) is 25.5 Å². The van der Waals surface area contributed by atoms with Crippen LogP contribution in [0.15, 0.2) is 41.6 Å². The Morgan fingerprint density at radius 1 is 1.12 bits per heavy atom. The van der Waals surface area contributed by atoms with Gasteiger partial charge in [0.25, 0.3) is 0 Å². The van der Waals surface area contributed by atoms with E-state index in [1.54, 1.807) is 6.92 Å². The van der Waals surface area contributed by atoms with Crippen LogP contribution in [0.1, 0.15) is 32.3 Å². The first kappa shape index (κ1) is 19.5. The van der Waals surface area contributed by atoms with Crippen LogP contribution in [0.4, 0.5) is 4.79 Å². The number of benzene rings is 1. The van der Waals surface area contributed by atoms with Crippen LogP contribution < -0.4 is 10.6 Å². The van der Waals surface area contributed by atoms with Gasteiger partial charge in [0.1, 0.15) is 6.61 Å². The van der Waals surface area contributed by atoms with Gasteiger partial charge in [-0.15, -0.1) is 0 Å². The minimum Gasteiger partial charge on any atom is -0.463 e. The molecule has 1 heterocycles. The molecule has 0 aromatic heterocycles. The van der Waals surface area contributed by atoms with Gasteiger partial charge < -0.3 is 20.1 Å². The Morgan fingerprint density at radius 3 is 2.50 bits per heavy atom. The van der Waals surface area contributed by atoms with Gasteiger partial charge in [0, 0.05) is 6.42 Å². The van der Waals surface area contributed by atoms with Gasteiger partial charge in [-0.1, -0.05) is 37.3 Å². The maximum atomic E-state index is 12.2. The van der Waals surface area contributed by atoms with Crippen molar-refractivity contribution in [2.75, 3.05) is 13.2 Å². The predicted molar refractivity (Wildman–Crippen MR) is 95.1 cm³/mol. The molecule has 0 saturated heterocycles. The highest BCUT2D eigenvalue weighted by atomic mass is 16.5. The highest BCUT2D eigenvalue weighted by Gasteiger charge is 2.31. The molecular weight excluding hydrogens is 336 g/mol. The van der Waals surface area contributed by atoms with E-state index in [1.165, 1.54) is 0 Å². The molecule has 0 bridgehead atoms. The monoisotopic (exact) mass is 360 g/mol. The van der Waals surface area contributed by atoms with Crippen molar-refractivity contribution in [1.29, 1.82) is 0 Å². The van der Waals surface area contributed by atoms with Crippen molar-refractivity contribution >= 4 is 18.0 Å². The smallest absolute Gasteiger partial charge is 0.338 e. The van der Waals surface area contributed by atoms with E-state index in [1.807, 2.05) is 37.3 Å². The molecule has 2 N–H and O–H groups in total. The van der Waals surface area contributed by atoms with E-state index in [2.05, 4.69) is 10.6 Å². The lowest BCUT2D eigenvalue weighted by molar-refractivity contribution is -0.143. The first-order valence-corrected chi connectivity index (χ1v) is 8.72. The van der Waals surface area contributed by atoms with Gasteiger partial charge in [0.15, 0.2) is 0 Å². The molecule has 2 amide bonds. The van der Waals surface area contributed by atoms with E-state index in [9.17, 15) is 14.4 Å². The van der Waals surface area contributed by atoms with E-state index in [4.69, 9.17) is 9.47 Å². The Hall–Kier alpha value is -2.83. The van der Waals surface area contributed by atoms with Crippen molar-refractivity contribution in [3.8, 4) is 0 Å². The third kappa shape index (κ3) is 5.34. The second-order valence-electron chi connectivity index (χ2n) is 5.82. The fourth-order valence-corrected chi connectivity index (χ4v) is 2.69. The maximum absolute atomic E-state index is 12.2. The molecule has 26 heavy (non-hydrogen) atoms. The summed E-state index contributed by atoms with van der Waals surface area (Å²) >= 11 is 0. The highest BCUT2D eigenvalue weighted by Crippen LogP contribution is 2.17. The molecule has 0 fully saturated rings. The van der Waals surface area contributed by atoms with E-state index >= 15 is 0 Å². The Morgan fingerprint density at radius 2 is 1.85 bits per heavy atom. The number of hydrogen-bond donors (Lipinski definition) is 2. The normalized spacial score (nSPS) is 16.5. The number of ether oxygens (including phenoxy) is 2. The second-order valence-corrected chi connectivity index (χ2v) is 5.82. The molecule has 0 spiro atoms. The Balaban J connectivity index is 2.01. The summed E-state index contributed by atoms with van der Waals surface area (Å²) in [6.07, 6.45) is 1.30. The van der Waals surface area contributed by atoms with Crippen molar-refractivity contribution in [3.05, 3.63) is 47.2 Å². The standard InChI is InChI=1S/C19H24N2O5/c1-3-14-17(18(23)25-4-2)15(21-19(24)20-14)12-26-16(22)11-10-13-8-6-5-7-9-13/h5-9,14H,3-4,10-12H2,1-2H3,(H2,20,21,24)/t14-/m1/s1.